The Morgan fingerprint density at radius 2 is 1.97 bits per heavy atom. The van der Waals surface area contributed by atoms with Crippen molar-refractivity contribution in [2.75, 3.05) is 6.61 Å². The molecule has 0 saturated heterocycles. The lowest BCUT2D eigenvalue weighted by Crippen LogP contribution is -2.55. The van der Waals surface area contributed by atoms with Gasteiger partial charge >= 0.3 is 0 Å². The summed E-state index contributed by atoms with van der Waals surface area (Å²) in [5.74, 6) is 4.65. The fourth-order valence-corrected chi connectivity index (χ4v) is 9.97. The Kier molecular flexibility index (Phi) is 4.95. The van der Waals surface area contributed by atoms with Gasteiger partial charge in [-0.2, -0.15) is 5.26 Å². The molecule has 1 aromatic rings. The highest BCUT2D eigenvalue weighted by atomic mass is 19.1. The number of halogens is 1. The average Bonchev–Trinajstić information content (AvgIpc) is 3.20. The Morgan fingerprint density at radius 1 is 1.15 bits per heavy atom. The molecule has 0 aromatic heterocycles. The van der Waals surface area contributed by atoms with E-state index >= 15 is 0 Å². The van der Waals surface area contributed by atoms with Crippen LogP contribution in [0.3, 0.4) is 0 Å². The van der Waals surface area contributed by atoms with Crippen LogP contribution in [0, 0.1) is 69.4 Å². The minimum Gasteiger partial charge on any atom is -0.483 e. The highest BCUT2D eigenvalue weighted by Crippen LogP contribution is 2.80. The van der Waals surface area contributed by atoms with Crippen molar-refractivity contribution in [3.05, 3.63) is 29.6 Å². The third-order valence-electron chi connectivity index (χ3n) is 11.3. The minimum absolute atomic E-state index is 0.0593. The van der Waals surface area contributed by atoms with Crippen LogP contribution < -0.4 is 4.74 Å². The van der Waals surface area contributed by atoms with Crippen LogP contribution >= 0.6 is 0 Å². The Hall–Kier alpha value is -1.89. The number of carbonyl (C=O) groups is 1. The lowest BCUT2D eigenvalue weighted by molar-refractivity contribution is -0.146. The van der Waals surface area contributed by atoms with Gasteiger partial charge in [0, 0.05) is 5.92 Å². The van der Waals surface area contributed by atoms with Crippen molar-refractivity contribution in [2.24, 2.45) is 52.3 Å². The smallest absolute Gasteiger partial charge is 0.174 e. The normalized spacial score (nSPS) is 45.1. The van der Waals surface area contributed by atoms with E-state index < -0.39 is 5.82 Å². The lowest BCUT2D eigenvalue weighted by atomic mass is 9.42. The zero-order valence-electron chi connectivity index (χ0n) is 20.0. The zero-order valence-corrected chi connectivity index (χ0v) is 20.0. The Balaban J connectivity index is 1.18. The lowest BCUT2D eigenvalue weighted by Gasteiger charge is -2.63. The summed E-state index contributed by atoms with van der Waals surface area (Å²) in [5.41, 5.74) is 0.697. The number of benzene rings is 1. The van der Waals surface area contributed by atoms with Crippen molar-refractivity contribution in [2.45, 2.75) is 71.6 Å². The van der Waals surface area contributed by atoms with Crippen molar-refractivity contribution in [3.63, 3.8) is 0 Å². The Bertz CT molecular complexity index is 1010. The van der Waals surface area contributed by atoms with E-state index in [9.17, 15) is 9.18 Å². The van der Waals surface area contributed by atoms with Crippen molar-refractivity contribution < 1.29 is 13.9 Å². The first-order valence-corrected chi connectivity index (χ1v) is 13.2. The molecule has 2 bridgehead atoms. The van der Waals surface area contributed by atoms with Gasteiger partial charge in [0.05, 0.1) is 11.6 Å². The maximum Gasteiger partial charge on any atom is 0.174 e. The maximum atomic E-state index is 14.3. The molecule has 0 heterocycles. The van der Waals surface area contributed by atoms with E-state index in [0.717, 1.165) is 29.6 Å². The number of nitriles is 1. The summed E-state index contributed by atoms with van der Waals surface area (Å²) in [5, 5.41) is 8.93. The van der Waals surface area contributed by atoms with Gasteiger partial charge in [0.1, 0.15) is 6.61 Å². The van der Waals surface area contributed by atoms with Crippen LogP contribution in [0.4, 0.5) is 4.39 Å². The van der Waals surface area contributed by atoms with E-state index in [-0.39, 0.29) is 35.0 Å². The Morgan fingerprint density at radius 3 is 2.73 bits per heavy atom. The van der Waals surface area contributed by atoms with E-state index in [2.05, 4.69) is 13.8 Å². The molecule has 0 radical (unpaired) electrons. The molecule has 6 aliphatic carbocycles. The van der Waals surface area contributed by atoms with E-state index in [1.165, 1.54) is 76.0 Å². The Labute approximate surface area is 197 Å². The number of Topliss-reactive ketones (excluding diaryl/α,β-unsaturated/α-hetero) is 1. The van der Waals surface area contributed by atoms with Crippen LogP contribution in [-0.2, 0) is 4.79 Å². The fourth-order valence-electron chi connectivity index (χ4n) is 9.97. The number of ketones is 1. The van der Waals surface area contributed by atoms with E-state index in [4.69, 9.17) is 10.00 Å². The molecule has 6 fully saturated rings. The zero-order chi connectivity index (χ0) is 23.0. The number of carbonyl (C=O) groups excluding carboxylic acids is 1. The second kappa shape index (κ2) is 7.56. The molecule has 6 saturated carbocycles. The van der Waals surface area contributed by atoms with Gasteiger partial charge in [-0.05, 0) is 116 Å². The molecule has 7 rings (SSSR count). The average molecular weight is 450 g/mol. The number of fused-ring (bicyclic) bond motifs is 3. The second-order valence-electron chi connectivity index (χ2n) is 12.5. The quantitative estimate of drug-likeness (QED) is 0.524. The van der Waals surface area contributed by atoms with Crippen molar-refractivity contribution >= 4 is 5.78 Å². The first-order chi connectivity index (χ1) is 15.9. The highest BCUT2D eigenvalue weighted by molar-refractivity contribution is 5.85. The van der Waals surface area contributed by atoms with E-state index in [1.807, 2.05) is 6.07 Å². The molecule has 4 heteroatoms. The highest BCUT2D eigenvalue weighted by Gasteiger charge is 2.75. The summed E-state index contributed by atoms with van der Waals surface area (Å²) >= 11 is 0. The standard InChI is InChI=1S/C29H36FNO2/c1-17-3-6-21-19(11-17)5-7-23-22(21)9-10-28(2)27(20-13-29(23,28)14-20)25(32)16-33-26-8-4-18(15-31)12-24(26)30/h4,8,12,17,19-23,27H,3,5-7,9-11,13-14,16H2,1-2H3/t17-,19+,20-,21-,22+,23+,27+,28+,29+/m0/s1. The summed E-state index contributed by atoms with van der Waals surface area (Å²) in [7, 11) is 0. The topological polar surface area (TPSA) is 50.1 Å². The SMILES string of the molecule is C[C@H]1CC[C@H]2[C@H](CC[C@@H]3[C@@H]2CC[C@]2(C)[C@@H](C(=O)COc4ccc(C#N)cc4F)[C@H]4C[C@@]32C4)C1. The molecule has 0 aliphatic heterocycles. The van der Waals surface area contributed by atoms with Gasteiger partial charge < -0.3 is 4.74 Å². The summed E-state index contributed by atoms with van der Waals surface area (Å²) in [6.45, 7) is 4.79. The molecule has 0 unspecified atom stereocenters. The maximum absolute atomic E-state index is 14.3. The molecular formula is C29H36FNO2. The predicted octanol–water partition coefficient (Wildman–Crippen LogP) is 6.55. The molecule has 33 heavy (non-hydrogen) atoms. The summed E-state index contributed by atoms with van der Waals surface area (Å²) in [6, 6.07) is 6.11. The first-order valence-electron chi connectivity index (χ1n) is 13.2. The second-order valence-corrected chi connectivity index (χ2v) is 12.5. The molecule has 1 aromatic carbocycles. The van der Waals surface area contributed by atoms with Crippen LogP contribution in [0.5, 0.6) is 5.75 Å². The van der Waals surface area contributed by atoms with Gasteiger partial charge in [-0.3, -0.25) is 4.79 Å². The van der Waals surface area contributed by atoms with E-state index in [0.29, 0.717) is 11.3 Å². The van der Waals surface area contributed by atoms with Crippen molar-refractivity contribution in [1.29, 1.82) is 5.26 Å². The van der Waals surface area contributed by atoms with Gasteiger partial charge in [-0.1, -0.05) is 20.3 Å². The van der Waals surface area contributed by atoms with Crippen molar-refractivity contribution in [3.8, 4) is 11.8 Å². The van der Waals surface area contributed by atoms with Crippen molar-refractivity contribution in [1.82, 2.24) is 0 Å². The van der Waals surface area contributed by atoms with Crippen LogP contribution in [0.25, 0.3) is 0 Å². The van der Waals surface area contributed by atoms with Crippen LogP contribution in [-0.4, -0.2) is 12.4 Å². The molecule has 0 amide bonds. The number of hydrogen-bond donors (Lipinski definition) is 0. The molecule has 1 spiro atoms. The molecule has 7 atom stereocenters. The van der Waals surface area contributed by atoms with Gasteiger partial charge in [0.15, 0.2) is 17.3 Å². The number of nitrogens with zero attached hydrogens (tertiary/aromatic N) is 1. The summed E-state index contributed by atoms with van der Waals surface area (Å²) in [4.78, 5) is 13.5. The monoisotopic (exact) mass is 449 g/mol. The van der Waals surface area contributed by atoms with Gasteiger partial charge in [-0.15, -0.1) is 0 Å². The van der Waals surface area contributed by atoms with Gasteiger partial charge in [0.25, 0.3) is 0 Å². The molecular weight excluding hydrogens is 413 g/mol. The third-order valence-corrected chi connectivity index (χ3v) is 11.3. The summed E-state index contributed by atoms with van der Waals surface area (Å²) < 4.78 is 19.9. The summed E-state index contributed by atoms with van der Waals surface area (Å²) in [6.07, 6.45) is 11.9. The fraction of sp³-hybridized carbons (Fsp3) is 0.724. The van der Waals surface area contributed by atoms with Gasteiger partial charge in [0.2, 0.25) is 0 Å². The van der Waals surface area contributed by atoms with Gasteiger partial charge in [-0.25, -0.2) is 4.39 Å². The predicted molar refractivity (Wildman–Crippen MR) is 124 cm³/mol. The largest absolute Gasteiger partial charge is 0.483 e. The molecule has 6 aliphatic rings. The van der Waals surface area contributed by atoms with Crippen LogP contribution in [0.1, 0.15) is 77.2 Å². The number of hydrogen-bond acceptors (Lipinski definition) is 3. The molecule has 0 N–H and O–H groups in total. The number of ether oxygens (including phenoxy) is 1. The number of rotatable bonds is 4. The minimum atomic E-state index is -0.570. The van der Waals surface area contributed by atoms with Crippen LogP contribution in [0.15, 0.2) is 18.2 Å². The van der Waals surface area contributed by atoms with E-state index in [1.54, 1.807) is 0 Å². The molecule has 176 valence electrons. The molecule has 3 nitrogen and oxygen atoms in total. The van der Waals surface area contributed by atoms with Crippen LogP contribution in [0.2, 0.25) is 0 Å². The third kappa shape index (κ3) is 3.00. The first kappa shape index (κ1) is 21.6.